The molecule has 2 N–H and O–H groups in total. The predicted molar refractivity (Wildman–Crippen MR) is 52.8 cm³/mol. The summed E-state index contributed by atoms with van der Waals surface area (Å²) in [6, 6.07) is 6.12. The number of nitrogens with one attached hydrogen (secondary N) is 1. The highest BCUT2D eigenvalue weighted by atomic mass is 16.3. The van der Waals surface area contributed by atoms with E-state index in [0.29, 0.717) is 11.8 Å². The maximum absolute atomic E-state index is 9.26. The van der Waals surface area contributed by atoms with E-state index in [1.807, 2.05) is 12.1 Å². The number of hydrogen-bond donors (Lipinski definition) is 2. The number of phenols is 1. The van der Waals surface area contributed by atoms with Crippen molar-refractivity contribution in [2.24, 2.45) is 0 Å². The second-order valence-corrected chi connectivity index (χ2v) is 3.69. The fraction of sp³-hybridized carbons (Fsp3) is 0.455. The third-order valence-corrected chi connectivity index (χ3v) is 2.69. The van der Waals surface area contributed by atoms with Crippen LogP contribution in [0.15, 0.2) is 18.2 Å². The van der Waals surface area contributed by atoms with Gasteiger partial charge in [0.05, 0.1) is 0 Å². The molecule has 1 aliphatic heterocycles. The molecule has 0 amide bonds. The summed E-state index contributed by atoms with van der Waals surface area (Å²) >= 11 is 0. The second-order valence-electron chi connectivity index (χ2n) is 3.69. The lowest BCUT2D eigenvalue weighted by Crippen LogP contribution is -2.13. The first-order valence-corrected chi connectivity index (χ1v) is 4.80. The van der Waals surface area contributed by atoms with Crippen LogP contribution >= 0.6 is 0 Å². The van der Waals surface area contributed by atoms with E-state index in [1.165, 1.54) is 24.0 Å². The van der Waals surface area contributed by atoms with E-state index in [1.54, 1.807) is 6.07 Å². The van der Waals surface area contributed by atoms with Crippen molar-refractivity contribution in [1.82, 2.24) is 5.32 Å². The molecule has 0 saturated carbocycles. The van der Waals surface area contributed by atoms with Crippen molar-refractivity contribution in [3.63, 3.8) is 0 Å². The molecule has 2 nitrogen and oxygen atoms in total. The Morgan fingerprint density at radius 2 is 2.31 bits per heavy atom. The highest BCUT2D eigenvalue weighted by Gasteiger charge is 2.17. The molecule has 13 heavy (non-hydrogen) atoms. The molecule has 0 unspecified atom stereocenters. The standard InChI is InChI=1S/C11H15NO/c1-8-7-9(13)4-5-10(8)11-3-2-6-12-11/h4-5,7,11-13H,2-3,6H2,1H3/t11-/m0/s1. The minimum Gasteiger partial charge on any atom is -0.508 e. The van der Waals surface area contributed by atoms with Crippen molar-refractivity contribution in [3.05, 3.63) is 29.3 Å². The third-order valence-electron chi connectivity index (χ3n) is 2.69. The monoisotopic (exact) mass is 177 g/mol. The Morgan fingerprint density at radius 3 is 2.92 bits per heavy atom. The molecule has 2 heteroatoms. The molecule has 1 saturated heterocycles. The molecule has 0 aliphatic carbocycles. The first kappa shape index (κ1) is 8.57. The van der Waals surface area contributed by atoms with Crippen LogP contribution in [0.5, 0.6) is 5.75 Å². The van der Waals surface area contributed by atoms with Crippen LogP contribution in [0.4, 0.5) is 0 Å². The van der Waals surface area contributed by atoms with Crippen molar-refractivity contribution in [2.75, 3.05) is 6.54 Å². The summed E-state index contributed by atoms with van der Waals surface area (Å²) in [6.45, 7) is 3.17. The SMILES string of the molecule is Cc1cc(O)ccc1[C@@H]1CCCN1. The maximum Gasteiger partial charge on any atom is 0.115 e. The molecule has 0 radical (unpaired) electrons. The van der Waals surface area contributed by atoms with Gasteiger partial charge in [0.15, 0.2) is 0 Å². The van der Waals surface area contributed by atoms with E-state index in [2.05, 4.69) is 12.2 Å². The van der Waals surface area contributed by atoms with Crippen molar-refractivity contribution in [3.8, 4) is 5.75 Å². The molecule has 1 aromatic rings. The van der Waals surface area contributed by atoms with Gasteiger partial charge in [0.2, 0.25) is 0 Å². The van der Waals surface area contributed by atoms with Gasteiger partial charge in [0.25, 0.3) is 0 Å². The Labute approximate surface area is 78.6 Å². The van der Waals surface area contributed by atoms with Gasteiger partial charge in [-0.15, -0.1) is 0 Å². The van der Waals surface area contributed by atoms with Crippen molar-refractivity contribution in [1.29, 1.82) is 0 Å². The summed E-state index contributed by atoms with van der Waals surface area (Å²) in [6.07, 6.45) is 2.47. The molecule has 1 atom stereocenters. The minimum atomic E-state index is 0.360. The molecule has 0 aromatic heterocycles. The first-order valence-electron chi connectivity index (χ1n) is 4.80. The summed E-state index contributed by atoms with van der Waals surface area (Å²) in [5.74, 6) is 0.360. The van der Waals surface area contributed by atoms with Crippen molar-refractivity contribution >= 4 is 0 Å². The van der Waals surface area contributed by atoms with Gasteiger partial charge in [-0.1, -0.05) is 6.07 Å². The molecular weight excluding hydrogens is 162 g/mol. The maximum atomic E-state index is 9.26. The predicted octanol–water partition coefficient (Wildman–Crippen LogP) is 2.13. The van der Waals surface area contributed by atoms with E-state index >= 15 is 0 Å². The van der Waals surface area contributed by atoms with E-state index in [-0.39, 0.29) is 0 Å². The van der Waals surface area contributed by atoms with E-state index in [9.17, 15) is 5.11 Å². The summed E-state index contributed by atoms with van der Waals surface area (Å²) in [7, 11) is 0. The average Bonchev–Trinajstić information content (AvgIpc) is 2.56. The molecule has 2 rings (SSSR count). The molecule has 0 spiro atoms. The van der Waals surface area contributed by atoms with Gasteiger partial charge in [-0.2, -0.15) is 0 Å². The smallest absolute Gasteiger partial charge is 0.115 e. The zero-order chi connectivity index (χ0) is 9.26. The zero-order valence-corrected chi connectivity index (χ0v) is 7.88. The van der Waals surface area contributed by atoms with Crippen LogP contribution < -0.4 is 5.32 Å². The summed E-state index contributed by atoms with van der Waals surface area (Å²) in [5.41, 5.74) is 2.51. The van der Waals surface area contributed by atoms with Crippen LogP contribution in [-0.4, -0.2) is 11.7 Å². The normalized spacial score (nSPS) is 22.1. The minimum absolute atomic E-state index is 0.360. The van der Waals surface area contributed by atoms with Gasteiger partial charge in [-0.25, -0.2) is 0 Å². The van der Waals surface area contributed by atoms with Crippen LogP contribution in [0, 0.1) is 6.92 Å². The van der Waals surface area contributed by atoms with Crippen LogP contribution in [0.1, 0.15) is 30.0 Å². The Kier molecular flexibility index (Phi) is 2.23. The van der Waals surface area contributed by atoms with E-state index in [4.69, 9.17) is 0 Å². The highest BCUT2D eigenvalue weighted by molar-refractivity contribution is 5.36. The van der Waals surface area contributed by atoms with Gasteiger partial charge in [-0.05, 0) is 49.6 Å². The van der Waals surface area contributed by atoms with E-state index in [0.717, 1.165) is 6.54 Å². The lowest BCUT2D eigenvalue weighted by Gasteiger charge is -2.13. The number of phenolic OH excluding ortho intramolecular Hbond substituents is 1. The topological polar surface area (TPSA) is 32.3 Å². The van der Waals surface area contributed by atoms with Crippen LogP contribution in [-0.2, 0) is 0 Å². The van der Waals surface area contributed by atoms with Gasteiger partial charge in [0, 0.05) is 6.04 Å². The Bertz CT molecular complexity index is 303. The molecule has 1 fully saturated rings. The molecule has 70 valence electrons. The van der Waals surface area contributed by atoms with Crippen LogP contribution in [0.2, 0.25) is 0 Å². The third kappa shape index (κ3) is 1.68. The van der Waals surface area contributed by atoms with Crippen molar-refractivity contribution in [2.45, 2.75) is 25.8 Å². The van der Waals surface area contributed by atoms with E-state index < -0.39 is 0 Å². The van der Waals surface area contributed by atoms with Gasteiger partial charge in [0.1, 0.15) is 5.75 Å². The lowest BCUT2D eigenvalue weighted by molar-refractivity contribution is 0.474. The summed E-state index contributed by atoms with van der Waals surface area (Å²) < 4.78 is 0. The largest absolute Gasteiger partial charge is 0.508 e. The van der Waals surface area contributed by atoms with Gasteiger partial charge < -0.3 is 10.4 Å². The van der Waals surface area contributed by atoms with Gasteiger partial charge in [-0.3, -0.25) is 0 Å². The van der Waals surface area contributed by atoms with Gasteiger partial charge >= 0.3 is 0 Å². The first-order chi connectivity index (χ1) is 6.27. The van der Waals surface area contributed by atoms with Crippen LogP contribution in [0.25, 0.3) is 0 Å². The lowest BCUT2D eigenvalue weighted by atomic mass is 10.00. The Hall–Kier alpha value is -1.02. The molecular formula is C11H15NO. The Morgan fingerprint density at radius 1 is 1.46 bits per heavy atom. The Balaban J connectivity index is 2.29. The number of aromatic hydroxyl groups is 1. The van der Waals surface area contributed by atoms with Crippen molar-refractivity contribution < 1.29 is 5.11 Å². The van der Waals surface area contributed by atoms with Crippen LogP contribution in [0.3, 0.4) is 0 Å². The fourth-order valence-corrected chi connectivity index (χ4v) is 2.00. The molecule has 0 bridgehead atoms. The summed E-state index contributed by atoms with van der Waals surface area (Å²) in [4.78, 5) is 0. The fourth-order valence-electron chi connectivity index (χ4n) is 2.00. The second kappa shape index (κ2) is 3.38. The average molecular weight is 177 g/mol. The summed E-state index contributed by atoms with van der Waals surface area (Å²) in [5, 5.41) is 12.7. The molecule has 1 heterocycles. The number of benzene rings is 1. The quantitative estimate of drug-likeness (QED) is 0.688. The highest BCUT2D eigenvalue weighted by Crippen LogP contribution is 2.27. The molecule has 1 aliphatic rings. The number of rotatable bonds is 1. The number of aryl methyl sites for hydroxylation is 1. The number of hydrogen-bond acceptors (Lipinski definition) is 2. The zero-order valence-electron chi connectivity index (χ0n) is 7.88. The molecule has 1 aromatic carbocycles.